The van der Waals surface area contributed by atoms with Crippen molar-refractivity contribution in [1.29, 1.82) is 0 Å². The van der Waals surface area contributed by atoms with E-state index in [4.69, 9.17) is 17.3 Å². The molecule has 0 amide bonds. The van der Waals surface area contributed by atoms with Crippen molar-refractivity contribution < 1.29 is 9.90 Å². The summed E-state index contributed by atoms with van der Waals surface area (Å²) in [6.45, 7) is 0. The van der Waals surface area contributed by atoms with Crippen LogP contribution in [0.4, 0.5) is 0 Å². The second-order valence-corrected chi connectivity index (χ2v) is 2.33. The molecule has 0 radical (unpaired) electrons. The maximum absolute atomic E-state index is 10.0. The van der Waals surface area contributed by atoms with Crippen molar-refractivity contribution in [2.24, 2.45) is 0 Å². The van der Waals surface area contributed by atoms with Gasteiger partial charge in [-0.1, -0.05) is 12.2 Å². The van der Waals surface area contributed by atoms with Gasteiger partial charge in [0, 0.05) is 14.1 Å². The summed E-state index contributed by atoms with van der Waals surface area (Å²) in [5.74, 6) is -0.881. The van der Waals surface area contributed by atoms with Crippen molar-refractivity contribution >= 4 is 23.2 Å². The van der Waals surface area contributed by atoms with Crippen LogP contribution in [0.1, 0.15) is 6.42 Å². The fraction of sp³-hybridized carbons (Fsp3) is 0.600. The number of hydrogen-bond donors (Lipinski definition) is 1. The Morgan fingerprint density at radius 3 is 2.22 bits per heavy atom. The van der Waals surface area contributed by atoms with Gasteiger partial charge in [-0.15, -0.1) is 0 Å². The lowest BCUT2D eigenvalue weighted by Crippen LogP contribution is -2.22. The minimum absolute atomic E-state index is 0.0532. The highest BCUT2D eigenvalue weighted by Gasteiger charge is 2.03. The summed E-state index contributed by atoms with van der Waals surface area (Å²) < 4.78 is 0. The zero-order chi connectivity index (χ0) is 7.44. The predicted octanol–water partition coefficient (Wildman–Crippen LogP) is 0.350. The Morgan fingerprint density at radius 1 is 1.67 bits per heavy atom. The van der Waals surface area contributed by atoms with E-state index in [1.54, 1.807) is 19.0 Å². The van der Waals surface area contributed by atoms with Crippen molar-refractivity contribution in [3.05, 3.63) is 0 Å². The lowest BCUT2D eigenvalue weighted by atomic mass is 10.4. The second-order valence-electron chi connectivity index (χ2n) is 1.86. The number of thiocarbonyl (C=S) groups is 1. The van der Waals surface area contributed by atoms with Gasteiger partial charge in [-0.25, -0.2) is 0 Å². The Balaban J connectivity index is 3.64. The standard InChI is InChI=1S/C5H9NO2S/c1-6(2)4(9)3-5(7)8/h3H2,1-2H3,(H,7,8). The Morgan fingerprint density at radius 2 is 2.11 bits per heavy atom. The number of rotatable bonds is 2. The second kappa shape index (κ2) is 3.40. The molecular weight excluding hydrogens is 138 g/mol. The average Bonchev–Trinajstić information content (AvgIpc) is 1.63. The van der Waals surface area contributed by atoms with Crippen LogP contribution in [0.25, 0.3) is 0 Å². The first-order valence-electron chi connectivity index (χ1n) is 2.46. The molecule has 0 saturated carbocycles. The monoisotopic (exact) mass is 147 g/mol. The molecule has 0 aliphatic rings. The SMILES string of the molecule is CN(C)C(=S)CC(=O)O. The summed E-state index contributed by atoms with van der Waals surface area (Å²) in [5, 5.41) is 8.22. The van der Waals surface area contributed by atoms with Crippen LogP contribution in [0.2, 0.25) is 0 Å². The fourth-order valence-electron chi connectivity index (χ4n) is 0.287. The molecule has 0 aromatic heterocycles. The van der Waals surface area contributed by atoms with E-state index in [0.29, 0.717) is 4.99 Å². The third kappa shape index (κ3) is 3.90. The van der Waals surface area contributed by atoms with Crippen LogP contribution >= 0.6 is 12.2 Å². The lowest BCUT2D eigenvalue weighted by molar-refractivity contribution is -0.135. The van der Waals surface area contributed by atoms with Gasteiger partial charge in [-0.3, -0.25) is 4.79 Å². The van der Waals surface area contributed by atoms with Crippen LogP contribution in [-0.4, -0.2) is 35.1 Å². The van der Waals surface area contributed by atoms with E-state index >= 15 is 0 Å². The van der Waals surface area contributed by atoms with Crippen molar-refractivity contribution in [1.82, 2.24) is 4.90 Å². The van der Waals surface area contributed by atoms with E-state index in [9.17, 15) is 4.79 Å². The van der Waals surface area contributed by atoms with Gasteiger partial charge in [0.25, 0.3) is 0 Å². The predicted molar refractivity (Wildman–Crippen MR) is 38.5 cm³/mol. The van der Waals surface area contributed by atoms with E-state index in [-0.39, 0.29) is 6.42 Å². The lowest BCUT2D eigenvalue weighted by Gasteiger charge is -2.10. The number of aliphatic carboxylic acids is 1. The van der Waals surface area contributed by atoms with Gasteiger partial charge < -0.3 is 10.0 Å². The number of carbonyl (C=O) groups is 1. The first kappa shape index (κ1) is 8.36. The van der Waals surface area contributed by atoms with E-state index in [2.05, 4.69) is 0 Å². The third-order valence-electron chi connectivity index (χ3n) is 0.801. The van der Waals surface area contributed by atoms with Gasteiger partial charge in [-0.05, 0) is 0 Å². The molecular formula is C5H9NO2S. The Bertz CT molecular complexity index is 133. The summed E-state index contributed by atoms with van der Waals surface area (Å²) in [7, 11) is 3.45. The van der Waals surface area contributed by atoms with E-state index in [0.717, 1.165) is 0 Å². The smallest absolute Gasteiger partial charge is 0.310 e. The number of carboxylic acid groups (broad SMARTS) is 1. The van der Waals surface area contributed by atoms with Gasteiger partial charge in [0.1, 0.15) is 0 Å². The molecule has 0 fully saturated rings. The number of nitrogens with zero attached hydrogens (tertiary/aromatic N) is 1. The van der Waals surface area contributed by atoms with Crippen molar-refractivity contribution in [2.45, 2.75) is 6.42 Å². The van der Waals surface area contributed by atoms with Gasteiger partial charge in [0.05, 0.1) is 11.4 Å². The molecule has 0 spiro atoms. The summed E-state index contributed by atoms with van der Waals surface area (Å²) in [6, 6.07) is 0. The first-order chi connectivity index (χ1) is 4.04. The molecule has 4 heteroatoms. The molecule has 3 nitrogen and oxygen atoms in total. The minimum atomic E-state index is -0.881. The van der Waals surface area contributed by atoms with Crippen molar-refractivity contribution in [3.63, 3.8) is 0 Å². The summed E-state index contributed by atoms with van der Waals surface area (Å²) in [5.41, 5.74) is 0. The van der Waals surface area contributed by atoms with E-state index in [1.165, 1.54) is 0 Å². The molecule has 0 rings (SSSR count). The molecule has 0 heterocycles. The molecule has 0 bridgehead atoms. The molecule has 0 aromatic carbocycles. The minimum Gasteiger partial charge on any atom is -0.481 e. The Labute approximate surface area is 59.3 Å². The van der Waals surface area contributed by atoms with Crippen LogP contribution in [0.5, 0.6) is 0 Å². The molecule has 0 aliphatic heterocycles. The Kier molecular flexibility index (Phi) is 3.16. The normalized spacial score (nSPS) is 8.67. The van der Waals surface area contributed by atoms with Crippen LogP contribution in [-0.2, 0) is 4.79 Å². The zero-order valence-corrected chi connectivity index (χ0v) is 6.23. The number of hydrogen-bond acceptors (Lipinski definition) is 2. The summed E-state index contributed by atoms with van der Waals surface area (Å²) in [4.78, 5) is 12.1. The molecule has 0 aromatic rings. The zero-order valence-electron chi connectivity index (χ0n) is 5.42. The molecule has 0 aliphatic carbocycles. The molecule has 1 N–H and O–H groups in total. The van der Waals surface area contributed by atoms with Crippen LogP contribution in [0.15, 0.2) is 0 Å². The highest BCUT2D eigenvalue weighted by Crippen LogP contribution is 1.89. The molecule has 52 valence electrons. The highest BCUT2D eigenvalue weighted by molar-refractivity contribution is 7.80. The summed E-state index contributed by atoms with van der Waals surface area (Å²) >= 11 is 4.70. The molecule has 9 heavy (non-hydrogen) atoms. The van der Waals surface area contributed by atoms with Gasteiger partial charge in [0.2, 0.25) is 0 Å². The highest BCUT2D eigenvalue weighted by atomic mass is 32.1. The topological polar surface area (TPSA) is 40.5 Å². The quantitative estimate of drug-likeness (QED) is 0.572. The maximum atomic E-state index is 10.0. The van der Waals surface area contributed by atoms with Crippen molar-refractivity contribution in [3.8, 4) is 0 Å². The molecule has 0 atom stereocenters. The van der Waals surface area contributed by atoms with Crippen molar-refractivity contribution in [2.75, 3.05) is 14.1 Å². The molecule has 0 saturated heterocycles. The van der Waals surface area contributed by atoms with Gasteiger partial charge in [-0.2, -0.15) is 0 Å². The first-order valence-corrected chi connectivity index (χ1v) is 2.87. The third-order valence-corrected chi connectivity index (χ3v) is 1.31. The van der Waals surface area contributed by atoms with Gasteiger partial charge >= 0.3 is 5.97 Å². The van der Waals surface area contributed by atoms with Crippen LogP contribution in [0.3, 0.4) is 0 Å². The number of carboxylic acids is 1. The summed E-state index contributed by atoms with van der Waals surface area (Å²) in [6.07, 6.45) is -0.0532. The van der Waals surface area contributed by atoms with Crippen LogP contribution < -0.4 is 0 Å². The average molecular weight is 147 g/mol. The fourth-order valence-corrected chi connectivity index (χ4v) is 0.411. The Hall–Kier alpha value is -0.640. The van der Waals surface area contributed by atoms with Crippen LogP contribution in [0, 0.1) is 0 Å². The van der Waals surface area contributed by atoms with E-state index in [1.807, 2.05) is 0 Å². The van der Waals surface area contributed by atoms with E-state index < -0.39 is 5.97 Å². The van der Waals surface area contributed by atoms with Gasteiger partial charge in [0.15, 0.2) is 0 Å². The largest absolute Gasteiger partial charge is 0.481 e. The molecule has 0 unspecified atom stereocenters. The maximum Gasteiger partial charge on any atom is 0.310 e.